The summed E-state index contributed by atoms with van der Waals surface area (Å²) in [5.74, 6) is 0.639. The second kappa shape index (κ2) is 8.83. The highest BCUT2D eigenvalue weighted by molar-refractivity contribution is 7.99. The lowest BCUT2D eigenvalue weighted by Crippen LogP contribution is -2.37. The molecule has 0 spiro atoms. The van der Waals surface area contributed by atoms with E-state index >= 15 is 0 Å². The molecule has 1 unspecified atom stereocenters. The van der Waals surface area contributed by atoms with Crippen LogP contribution in [0.4, 0.5) is 0 Å². The number of hydrogen-bond acceptors (Lipinski definition) is 5. The number of fused-ring (bicyclic) bond motifs is 3. The van der Waals surface area contributed by atoms with Gasteiger partial charge in [-0.3, -0.25) is 4.79 Å². The van der Waals surface area contributed by atoms with Gasteiger partial charge in [0.05, 0.1) is 11.3 Å². The van der Waals surface area contributed by atoms with Crippen LogP contribution in [0.5, 0.6) is 0 Å². The third-order valence-corrected chi connectivity index (χ3v) is 6.10. The number of carbonyl (C=O) groups is 1. The standard InChI is InChI=1S/C23H25N5OS/c1-15(2)16(3)24-20(29)14-30-23-25-22-21(26-27-23)18-11-7-8-12-19(18)28(22)13-17-9-5-4-6-10-17/h4-12,15-16H,13-14H2,1-3H3,(H,24,29). The van der Waals surface area contributed by atoms with Crippen molar-refractivity contribution in [2.45, 2.75) is 38.5 Å². The Labute approximate surface area is 180 Å². The molecule has 0 aliphatic heterocycles. The van der Waals surface area contributed by atoms with E-state index in [2.05, 4.69) is 52.1 Å². The van der Waals surface area contributed by atoms with E-state index < -0.39 is 0 Å². The van der Waals surface area contributed by atoms with Crippen molar-refractivity contribution in [3.63, 3.8) is 0 Å². The number of nitrogens with one attached hydrogen (secondary N) is 1. The summed E-state index contributed by atoms with van der Waals surface area (Å²) in [5.41, 5.74) is 3.83. The molecule has 0 saturated carbocycles. The van der Waals surface area contributed by atoms with E-state index in [1.807, 2.05) is 43.3 Å². The summed E-state index contributed by atoms with van der Waals surface area (Å²) in [7, 11) is 0. The Morgan fingerprint density at radius 1 is 1.03 bits per heavy atom. The topological polar surface area (TPSA) is 72.7 Å². The average molecular weight is 420 g/mol. The fraction of sp³-hybridized carbons (Fsp3) is 0.304. The van der Waals surface area contributed by atoms with Crippen molar-refractivity contribution in [3.8, 4) is 0 Å². The molecular formula is C23H25N5OS. The van der Waals surface area contributed by atoms with Gasteiger partial charge in [0.1, 0.15) is 5.52 Å². The maximum absolute atomic E-state index is 12.2. The second-order valence-electron chi connectivity index (χ2n) is 7.74. The van der Waals surface area contributed by atoms with Crippen LogP contribution >= 0.6 is 11.8 Å². The molecule has 0 bridgehead atoms. The molecule has 0 saturated heterocycles. The van der Waals surface area contributed by atoms with E-state index in [0.717, 1.165) is 22.1 Å². The van der Waals surface area contributed by atoms with E-state index in [1.165, 1.54) is 17.3 Å². The first kappa shape index (κ1) is 20.3. The Morgan fingerprint density at radius 2 is 1.77 bits per heavy atom. The molecule has 7 heteroatoms. The van der Waals surface area contributed by atoms with E-state index in [-0.39, 0.29) is 17.7 Å². The van der Waals surface area contributed by atoms with Gasteiger partial charge >= 0.3 is 0 Å². The number of amides is 1. The van der Waals surface area contributed by atoms with E-state index in [1.54, 1.807) is 0 Å². The summed E-state index contributed by atoms with van der Waals surface area (Å²) in [5, 5.41) is 13.3. The molecule has 0 radical (unpaired) electrons. The Balaban J connectivity index is 1.63. The number of nitrogens with zero attached hydrogens (tertiary/aromatic N) is 4. The molecule has 6 nitrogen and oxygen atoms in total. The Morgan fingerprint density at radius 3 is 2.53 bits per heavy atom. The fourth-order valence-corrected chi connectivity index (χ4v) is 3.86. The summed E-state index contributed by atoms with van der Waals surface area (Å²) < 4.78 is 2.17. The molecule has 4 aromatic rings. The number of rotatable bonds is 7. The van der Waals surface area contributed by atoms with Gasteiger partial charge in [-0.2, -0.15) is 0 Å². The molecule has 2 heterocycles. The summed E-state index contributed by atoms with van der Waals surface area (Å²) >= 11 is 1.31. The van der Waals surface area contributed by atoms with E-state index in [9.17, 15) is 4.79 Å². The highest BCUT2D eigenvalue weighted by Crippen LogP contribution is 2.28. The average Bonchev–Trinajstić information content (AvgIpc) is 3.06. The van der Waals surface area contributed by atoms with E-state index in [0.29, 0.717) is 17.6 Å². The molecule has 1 N–H and O–H groups in total. The lowest BCUT2D eigenvalue weighted by Gasteiger charge is -2.16. The Kier molecular flexibility index (Phi) is 5.99. The molecule has 1 atom stereocenters. The molecule has 0 aliphatic carbocycles. The van der Waals surface area contributed by atoms with Crippen molar-refractivity contribution in [1.82, 2.24) is 25.1 Å². The van der Waals surface area contributed by atoms with Gasteiger partial charge in [0, 0.05) is 18.0 Å². The minimum Gasteiger partial charge on any atom is -0.353 e. The lowest BCUT2D eigenvalue weighted by atomic mass is 10.1. The SMILES string of the molecule is CC(C)C(C)NC(=O)CSc1nnc2c3ccccc3n(Cc3ccccc3)c2n1. The number of carbonyl (C=O) groups excluding carboxylic acids is 1. The van der Waals surface area contributed by atoms with Crippen molar-refractivity contribution in [3.05, 3.63) is 60.2 Å². The number of aromatic nitrogens is 4. The van der Waals surface area contributed by atoms with Crippen LogP contribution in [-0.2, 0) is 11.3 Å². The highest BCUT2D eigenvalue weighted by Gasteiger charge is 2.16. The number of benzene rings is 2. The third kappa shape index (κ3) is 4.31. The number of thioether (sulfide) groups is 1. The van der Waals surface area contributed by atoms with Gasteiger partial charge in [-0.05, 0) is 24.5 Å². The normalized spacial score (nSPS) is 12.5. The zero-order chi connectivity index (χ0) is 21.1. The molecule has 2 aromatic heterocycles. The van der Waals surface area contributed by atoms with Gasteiger partial charge in [0.2, 0.25) is 11.1 Å². The molecule has 30 heavy (non-hydrogen) atoms. The summed E-state index contributed by atoms with van der Waals surface area (Å²) in [4.78, 5) is 17.0. The van der Waals surface area contributed by atoms with Crippen molar-refractivity contribution in [2.75, 3.05) is 5.75 Å². The summed E-state index contributed by atoms with van der Waals surface area (Å²) in [6.45, 7) is 6.88. The van der Waals surface area contributed by atoms with Gasteiger partial charge in [-0.15, -0.1) is 10.2 Å². The Bertz CT molecular complexity index is 1170. The number of para-hydroxylation sites is 1. The predicted molar refractivity (Wildman–Crippen MR) is 122 cm³/mol. The predicted octanol–water partition coefficient (Wildman–Crippen LogP) is 4.28. The smallest absolute Gasteiger partial charge is 0.230 e. The van der Waals surface area contributed by atoms with Crippen LogP contribution in [0.1, 0.15) is 26.3 Å². The summed E-state index contributed by atoms with van der Waals surface area (Å²) in [6, 6.07) is 18.6. The first-order valence-electron chi connectivity index (χ1n) is 10.1. The van der Waals surface area contributed by atoms with Gasteiger partial charge in [0.25, 0.3) is 0 Å². The van der Waals surface area contributed by atoms with Crippen molar-refractivity contribution in [2.24, 2.45) is 5.92 Å². The van der Waals surface area contributed by atoms with Gasteiger partial charge in [-0.1, -0.05) is 74.1 Å². The van der Waals surface area contributed by atoms with Crippen LogP contribution in [0.3, 0.4) is 0 Å². The molecule has 0 aliphatic rings. The lowest BCUT2D eigenvalue weighted by molar-refractivity contribution is -0.119. The molecule has 154 valence electrons. The van der Waals surface area contributed by atoms with Crippen molar-refractivity contribution < 1.29 is 4.79 Å². The monoisotopic (exact) mass is 419 g/mol. The Hall–Kier alpha value is -2.93. The van der Waals surface area contributed by atoms with Crippen molar-refractivity contribution >= 4 is 39.7 Å². The molecule has 0 fully saturated rings. The molecular weight excluding hydrogens is 394 g/mol. The molecule has 2 aromatic carbocycles. The minimum absolute atomic E-state index is 0.0188. The van der Waals surface area contributed by atoms with Crippen LogP contribution in [0.15, 0.2) is 59.8 Å². The zero-order valence-corrected chi connectivity index (χ0v) is 18.2. The number of hydrogen-bond donors (Lipinski definition) is 1. The second-order valence-corrected chi connectivity index (χ2v) is 8.69. The van der Waals surface area contributed by atoms with E-state index in [4.69, 9.17) is 4.98 Å². The van der Waals surface area contributed by atoms with Crippen LogP contribution in [-0.4, -0.2) is 37.5 Å². The van der Waals surface area contributed by atoms with Crippen molar-refractivity contribution in [1.29, 1.82) is 0 Å². The largest absolute Gasteiger partial charge is 0.353 e. The third-order valence-electron chi connectivity index (χ3n) is 5.26. The van der Waals surface area contributed by atoms with Crippen LogP contribution < -0.4 is 5.32 Å². The maximum Gasteiger partial charge on any atom is 0.230 e. The van der Waals surface area contributed by atoms with Crippen LogP contribution in [0.25, 0.3) is 22.1 Å². The van der Waals surface area contributed by atoms with Gasteiger partial charge < -0.3 is 9.88 Å². The van der Waals surface area contributed by atoms with Gasteiger partial charge in [0.15, 0.2) is 5.65 Å². The fourth-order valence-electron chi connectivity index (χ4n) is 3.27. The van der Waals surface area contributed by atoms with Crippen LogP contribution in [0, 0.1) is 5.92 Å². The summed E-state index contributed by atoms with van der Waals surface area (Å²) in [6.07, 6.45) is 0. The highest BCUT2D eigenvalue weighted by atomic mass is 32.2. The maximum atomic E-state index is 12.2. The van der Waals surface area contributed by atoms with Gasteiger partial charge in [-0.25, -0.2) is 4.98 Å². The molecule has 4 rings (SSSR count). The quantitative estimate of drug-likeness (QED) is 0.453. The molecule has 1 amide bonds. The minimum atomic E-state index is -0.0188. The first-order valence-corrected chi connectivity index (χ1v) is 11.1. The van der Waals surface area contributed by atoms with Crippen LogP contribution in [0.2, 0.25) is 0 Å². The first-order chi connectivity index (χ1) is 14.5. The zero-order valence-electron chi connectivity index (χ0n) is 17.4.